The summed E-state index contributed by atoms with van der Waals surface area (Å²) in [7, 11) is -0.806. The summed E-state index contributed by atoms with van der Waals surface area (Å²) in [5.74, 6) is 0.298. The summed E-state index contributed by atoms with van der Waals surface area (Å²) in [6.07, 6.45) is 1.56. The van der Waals surface area contributed by atoms with Crippen LogP contribution in [0.1, 0.15) is 13.8 Å². The Morgan fingerprint density at radius 3 is 2.62 bits per heavy atom. The third kappa shape index (κ3) is 9.49. The van der Waals surface area contributed by atoms with Crippen molar-refractivity contribution in [2.75, 3.05) is 25.1 Å². The summed E-state index contributed by atoms with van der Waals surface area (Å²) in [6, 6.07) is 0. The van der Waals surface area contributed by atoms with Gasteiger partial charge in [0.05, 0.1) is 12.6 Å². The van der Waals surface area contributed by atoms with Crippen LogP contribution in [-0.2, 0) is 20.3 Å². The predicted molar refractivity (Wildman–Crippen MR) is 53.0 cm³/mol. The van der Waals surface area contributed by atoms with Crippen molar-refractivity contribution in [3.8, 4) is 0 Å². The molecule has 1 atom stereocenters. The van der Waals surface area contributed by atoms with E-state index in [1.54, 1.807) is 20.1 Å². The Balaban J connectivity index is 3.32. The van der Waals surface area contributed by atoms with Crippen molar-refractivity contribution in [3.05, 3.63) is 0 Å². The standard InChI is InChI=1S/C8H17NO3S/c1-7(2)12-8(10)6-9-4-5-13(3)11/h7,9H,4-6H2,1-3H3. The molecule has 0 radical (unpaired) electrons. The zero-order valence-corrected chi connectivity index (χ0v) is 9.15. The fourth-order valence-electron chi connectivity index (χ4n) is 0.711. The first-order chi connectivity index (χ1) is 6.02. The smallest absolute Gasteiger partial charge is 0.320 e. The highest BCUT2D eigenvalue weighted by atomic mass is 32.2. The lowest BCUT2D eigenvalue weighted by molar-refractivity contribution is -0.146. The van der Waals surface area contributed by atoms with Crippen molar-refractivity contribution in [2.24, 2.45) is 0 Å². The first-order valence-corrected chi connectivity index (χ1v) is 5.95. The molecule has 0 fully saturated rings. The summed E-state index contributed by atoms with van der Waals surface area (Å²) in [6.45, 7) is 4.38. The van der Waals surface area contributed by atoms with Gasteiger partial charge in [0.25, 0.3) is 0 Å². The van der Waals surface area contributed by atoms with Crippen molar-refractivity contribution < 1.29 is 13.7 Å². The van der Waals surface area contributed by atoms with E-state index < -0.39 is 10.8 Å². The van der Waals surface area contributed by atoms with Crippen LogP contribution in [0.3, 0.4) is 0 Å². The lowest BCUT2D eigenvalue weighted by Crippen LogP contribution is -2.29. The van der Waals surface area contributed by atoms with E-state index >= 15 is 0 Å². The number of carbonyl (C=O) groups is 1. The van der Waals surface area contributed by atoms with Gasteiger partial charge in [0, 0.05) is 29.4 Å². The van der Waals surface area contributed by atoms with Crippen LogP contribution >= 0.6 is 0 Å². The summed E-state index contributed by atoms with van der Waals surface area (Å²) >= 11 is 0. The number of rotatable bonds is 6. The number of carbonyl (C=O) groups excluding carboxylic acids is 1. The maximum Gasteiger partial charge on any atom is 0.320 e. The highest BCUT2D eigenvalue weighted by Gasteiger charge is 2.03. The molecule has 0 aromatic heterocycles. The van der Waals surface area contributed by atoms with Crippen LogP contribution in [-0.4, -0.2) is 41.4 Å². The fourth-order valence-corrected chi connectivity index (χ4v) is 1.14. The molecule has 0 aliphatic carbocycles. The van der Waals surface area contributed by atoms with Crippen LogP contribution in [0.2, 0.25) is 0 Å². The average molecular weight is 207 g/mol. The normalized spacial score (nSPS) is 12.9. The SMILES string of the molecule is CC(C)OC(=O)CNCCS(C)=O. The molecule has 1 unspecified atom stereocenters. The van der Waals surface area contributed by atoms with Gasteiger partial charge in [-0.1, -0.05) is 0 Å². The van der Waals surface area contributed by atoms with Crippen molar-refractivity contribution in [1.82, 2.24) is 5.32 Å². The number of nitrogens with one attached hydrogen (secondary N) is 1. The first kappa shape index (κ1) is 12.6. The minimum Gasteiger partial charge on any atom is -0.462 e. The van der Waals surface area contributed by atoms with E-state index in [1.807, 2.05) is 0 Å². The molecule has 0 amide bonds. The van der Waals surface area contributed by atoms with Gasteiger partial charge in [0.1, 0.15) is 0 Å². The van der Waals surface area contributed by atoms with Gasteiger partial charge in [-0.2, -0.15) is 0 Å². The van der Waals surface area contributed by atoms with Crippen LogP contribution in [0.5, 0.6) is 0 Å². The molecule has 0 aromatic rings. The molecule has 0 aliphatic heterocycles. The zero-order chi connectivity index (χ0) is 10.3. The molecule has 78 valence electrons. The molecule has 13 heavy (non-hydrogen) atoms. The van der Waals surface area contributed by atoms with Crippen molar-refractivity contribution in [3.63, 3.8) is 0 Å². The summed E-state index contributed by atoms with van der Waals surface area (Å²) in [4.78, 5) is 10.9. The third-order valence-electron chi connectivity index (χ3n) is 1.20. The average Bonchev–Trinajstić information content (AvgIpc) is 1.96. The van der Waals surface area contributed by atoms with Gasteiger partial charge >= 0.3 is 5.97 Å². The van der Waals surface area contributed by atoms with Gasteiger partial charge in [-0.15, -0.1) is 0 Å². The molecule has 0 bridgehead atoms. The third-order valence-corrected chi connectivity index (χ3v) is 1.98. The molecule has 0 aromatic carbocycles. The molecular formula is C8H17NO3S. The molecule has 0 rings (SSSR count). The van der Waals surface area contributed by atoms with Gasteiger partial charge in [0.15, 0.2) is 0 Å². The summed E-state index contributed by atoms with van der Waals surface area (Å²) in [5.41, 5.74) is 0. The number of esters is 1. The van der Waals surface area contributed by atoms with E-state index in [9.17, 15) is 9.00 Å². The molecule has 0 saturated heterocycles. The topological polar surface area (TPSA) is 55.4 Å². The Labute approximate surface area is 81.5 Å². The summed E-state index contributed by atoms with van der Waals surface area (Å²) < 4.78 is 15.5. The Bertz CT molecular complexity index is 182. The minimum atomic E-state index is -0.806. The van der Waals surface area contributed by atoms with E-state index in [0.717, 1.165) is 0 Å². The second kappa shape index (κ2) is 7.03. The highest BCUT2D eigenvalue weighted by molar-refractivity contribution is 7.84. The molecule has 0 heterocycles. The molecule has 5 heteroatoms. The number of hydrogen-bond acceptors (Lipinski definition) is 4. The van der Waals surface area contributed by atoms with Crippen LogP contribution in [0, 0.1) is 0 Å². The van der Waals surface area contributed by atoms with Gasteiger partial charge in [-0.3, -0.25) is 9.00 Å². The van der Waals surface area contributed by atoms with Crippen LogP contribution in [0.25, 0.3) is 0 Å². The Morgan fingerprint density at radius 2 is 2.15 bits per heavy atom. The lowest BCUT2D eigenvalue weighted by atomic mass is 10.5. The van der Waals surface area contributed by atoms with Gasteiger partial charge < -0.3 is 10.1 Å². The largest absolute Gasteiger partial charge is 0.462 e. The Kier molecular flexibility index (Phi) is 6.80. The van der Waals surface area contributed by atoms with Gasteiger partial charge in [-0.25, -0.2) is 0 Å². The molecular weight excluding hydrogens is 190 g/mol. The second-order valence-corrected chi connectivity index (χ2v) is 4.55. The van der Waals surface area contributed by atoms with Crippen molar-refractivity contribution in [1.29, 1.82) is 0 Å². The van der Waals surface area contributed by atoms with Crippen molar-refractivity contribution >= 4 is 16.8 Å². The summed E-state index contributed by atoms with van der Waals surface area (Å²) in [5, 5.41) is 2.85. The number of hydrogen-bond donors (Lipinski definition) is 1. The highest BCUT2D eigenvalue weighted by Crippen LogP contribution is 1.87. The van der Waals surface area contributed by atoms with E-state index in [4.69, 9.17) is 4.74 Å². The van der Waals surface area contributed by atoms with E-state index in [0.29, 0.717) is 12.3 Å². The molecule has 0 saturated carbocycles. The molecule has 1 N–H and O–H groups in total. The maximum atomic E-state index is 10.9. The quantitative estimate of drug-likeness (QED) is 0.488. The van der Waals surface area contributed by atoms with E-state index in [-0.39, 0.29) is 18.6 Å². The molecule has 0 aliphatic rings. The van der Waals surface area contributed by atoms with Crippen molar-refractivity contribution in [2.45, 2.75) is 20.0 Å². The zero-order valence-electron chi connectivity index (χ0n) is 8.33. The van der Waals surface area contributed by atoms with Gasteiger partial charge in [-0.05, 0) is 13.8 Å². The van der Waals surface area contributed by atoms with Gasteiger partial charge in [0.2, 0.25) is 0 Å². The van der Waals surface area contributed by atoms with E-state index in [1.165, 1.54) is 0 Å². The minimum absolute atomic E-state index is 0.0744. The predicted octanol–water partition coefficient (Wildman–Crippen LogP) is -0.0939. The maximum absolute atomic E-state index is 10.9. The lowest BCUT2D eigenvalue weighted by Gasteiger charge is -2.07. The van der Waals surface area contributed by atoms with Crippen LogP contribution < -0.4 is 5.32 Å². The second-order valence-electron chi connectivity index (χ2n) is 2.99. The monoisotopic (exact) mass is 207 g/mol. The fraction of sp³-hybridized carbons (Fsp3) is 0.875. The van der Waals surface area contributed by atoms with Crippen LogP contribution in [0.15, 0.2) is 0 Å². The first-order valence-electron chi connectivity index (χ1n) is 4.22. The Morgan fingerprint density at radius 1 is 1.54 bits per heavy atom. The number of ether oxygens (including phenoxy) is 1. The molecule has 4 nitrogen and oxygen atoms in total. The van der Waals surface area contributed by atoms with E-state index in [2.05, 4.69) is 5.32 Å². The Hall–Kier alpha value is -0.420. The van der Waals surface area contributed by atoms with Crippen LogP contribution in [0.4, 0.5) is 0 Å². The molecule has 0 spiro atoms.